The molecule has 0 saturated heterocycles. The molecule has 3 rings (SSSR count). The Hall–Kier alpha value is -3.26. The summed E-state index contributed by atoms with van der Waals surface area (Å²) in [5, 5.41) is 0. The van der Waals surface area contributed by atoms with Gasteiger partial charge in [-0.15, -0.1) is 0 Å². The van der Waals surface area contributed by atoms with Crippen LogP contribution in [-0.2, 0) is 10.0 Å². The molecule has 8 heteroatoms. The predicted molar refractivity (Wildman–Crippen MR) is 101 cm³/mol. The van der Waals surface area contributed by atoms with Crippen molar-refractivity contribution in [2.24, 2.45) is 0 Å². The lowest BCUT2D eigenvalue weighted by molar-refractivity contribution is 0.0735. The fourth-order valence-corrected chi connectivity index (χ4v) is 4.06. The van der Waals surface area contributed by atoms with E-state index in [1.54, 1.807) is 49.4 Å². The Balaban J connectivity index is 1.88. The van der Waals surface area contributed by atoms with E-state index < -0.39 is 16.0 Å². The highest BCUT2D eigenvalue weighted by atomic mass is 32.2. The number of methoxy groups -OCH3 is 1. The van der Waals surface area contributed by atoms with Gasteiger partial charge in [-0.1, -0.05) is 18.2 Å². The normalized spacial score (nSPS) is 11.2. The fourth-order valence-electron chi connectivity index (χ4n) is 2.55. The first-order chi connectivity index (χ1) is 12.8. The van der Waals surface area contributed by atoms with Gasteiger partial charge in [-0.25, -0.2) is 17.2 Å². The SMILES string of the molecule is COc1ccc(C(=O)Oc2cc(N)n(S(=O)(=O)c3ccccc3C)c2)cc1. The highest BCUT2D eigenvalue weighted by Gasteiger charge is 2.23. The number of anilines is 1. The average Bonchev–Trinajstić information content (AvgIpc) is 3.03. The van der Waals surface area contributed by atoms with Crippen LogP contribution in [0.2, 0.25) is 0 Å². The third kappa shape index (κ3) is 3.65. The molecule has 0 fully saturated rings. The molecule has 0 bridgehead atoms. The summed E-state index contributed by atoms with van der Waals surface area (Å²) < 4.78 is 36.9. The molecule has 0 saturated carbocycles. The van der Waals surface area contributed by atoms with Crippen molar-refractivity contribution in [2.75, 3.05) is 12.8 Å². The minimum absolute atomic E-state index is 0.0328. The molecule has 1 aromatic heterocycles. The van der Waals surface area contributed by atoms with E-state index in [4.69, 9.17) is 15.2 Å². The summed E-state index contributed by atoms with van der Waals surface area (Å²) in [4.78, 5) is 12.4. The molecule has 0 amide bonds. The van der Waals surface area contributed by atoms with Gasteiger partial charge in [0, 0.05) is 6.07 Å². The number of carbonyl (C=O) groups excluding carboxylic acids is 1. The lowest BCUT2D eigenvalue weighted by Gasteiger charge is -2.09. The number of nitrogens with two attached hydrogens (primary N) is 1. The van der Waals surface area contributed by atoms with Gasteiger partial charge in [-0.2, -0.15) is 0 Å². The van der Waals surface area contributed by atoms with Gasteiger partial charge < -0.3 is 15.2 Å². The van der Waals surface area contributed by atoms with Crippen molar-refractivity contribution >= 4 is 21.8 Å². The third-order valence-corrected chi connectivity index (χ3v) is 5.80. The summed E-state index contributed by atoms with van der Waals surface area (Å²) in [6.45, 7) is 1.69. The molecule has 2 aromatic carbocycles. The van der Waals surface area contributed by atoms with Gasteiger partial charge in [-0.3, -0.25) is 0 Å². The van der Waals surface area contributed by atoms with Crippen LogP contribution in [0.4, 0.5) is 5.82 Å². The molecule has 3 aromatic rings. The second-order valence-corrected chi connectivity index (χ2v) is 7.57. The average molecular weight is 386 g/mol. The Labute approximate surface area is 157 Å². The maximum atomic E-state index is 12.8. The highest BCUT2D eigenvalue weighted by Crippen LogP contribution is 2.26. The van der Waals surface area contributed by atoms with E-state index in [1.165, 1.54) is 25.4 Å². The van der Waals surface area contributed by atoms with Crippen LogP contribution in [0.25, 0.3) is 0 Å². The number of aromatic nitrogens is 1. The zero-order valence-corrected chi connectivity index (χ0v) is 15.6. The third-order valence-electron chi connectivity index (χ3n) is 3.96. The van der Waals surface area contributed by atoms with Crippen LogP contribution < -0.4 is 15.2 Å². The molecule has 0 aliphatic rings. The first-order valence-electron chi connectivity index (χ1n) is 7.98. The summed E-state index contributed by atoms with van der Waals surface area (Å²) >= 11 is 0. The van der Waals surface area contributed by atoms with E-state index in [1.807, 2.05) is 0 Å². The van der Waals surface area contributed by atoms with Gasteiger partial charge in [0.25, 0.3) is 10.0 Å². The molecule has 0 unspecified atom stereocenters. The second-order valence-electron chi connectivity index (χ2n) is 5.79. The molecule has 0 radical (unpaired) electrons. The number of rotatable bonds is 5. The van der Waals surface area contributed by atoms with Crippen molar-refractivity contribution in [1.29, 1.82) is 0 Å². The number of nitrogens with zero attached hydrogens (tertiary/aromatic N) is 1. The molecule has 2 N–H and O–H groups in total. The first kappa shape index (κ1) is 18.5. The van der Waals surface area contributed by atoms with E-state index in [0.717, 1.165) is 3.97 Å². The van der Waals surface area contributed by atoms with Crippen LogP contribution in [0.1, 0.15) is 15.9 Å². The fraction of sp³-hybridized carbons (Fsp3) is 0.105. The first-order valence-corrected chi connectivity index (χ1v) is 9.42. The number of nitrogen functional groups attached to an aromatic ring is 1. The van der Waals surface area contributed by atoms with Gasteiger partial charge in [-0.05, 0) is 42.8 Å². The van der Waals surface area contributed by atoms with Crippen LogP contribution >= 0.6 is 0 Å². The molecule has 140 valence electrons. The van der Waals surface area contributed by atoms with Crippen molar-refractivity contribution < 1.29 is 22.7 Å². The number of esters is 1. The number of carbonyl (C=O) groups is 1. The molecular weight excluding hydrogens is 368 g/mol. The van der Waals surface area contributed by atoms with E-state index in [9.17, 15) is 13.2 Å². The van der Waals surface area contributed by atoms with Crippen molar-refractivity contribution in [3.05, 3.63) is 71.9 Å². The van der Waals surface area contributed by atoms with Crippen LogP contribution in [-0.4, -0.2) is 25.5 Å². The van der Waals surface area contributed by atoms with Crippen molar-refractivity contribution in [3.8, 4) is 11.5 Å². The summed E-state index contributed by atoms with van der Waals surface area (Å²) in [5.74, 6) is -0.0596. The summed E-state index contributed by atoms with van der Waals surface area (Å²) in [5.41, 5.74) is 6.72. The zero-order chi connectivity index (χ0) is 19.6. The lowest BCUT2D eigenvalue weighted by atomic mass is 10.2. The Morgan fingerprint density at radius 2 is 1.70 bits per heavy atom. The topological polar surface area (TPSA) is 101 Å². The maximum absolute atomic E-state index is 12.8. The van der Waals surface area contributed by atoms with Gasteiger partial charge in [0.05, 0.1) is 23.8 Å². The van der Waals surface area contributed by atoms with E-state index in [0.29, 0.717) is 16.9 Å². The molecule has 7 nitrogen and oxygen atoms in total. The Kier molecular flexibility index (Phi) is 4.91. The van der Waals surface area contributed by atoms with Crippen molar-refractivity contribution in [1.82, 2.24) is 3.97 Å². The van der Waals surface area contributed by atoms with Gasteiger partial charge >= 0.3 is 5.97 Å². The smallest absolute Gasteiger partial charge is 0.343 e. The van der Waals surface area contributed by atoms with E-state index >= 15 is 0 Å². The quantitative estimate of drug-likeness (QED) is 0.677. The van der Waals surface area contributed by atoms with Gasteiger partial charge in [0.1, 0.15) is 11.6 Å². The van der Waals surface area contributed by atoms with Crippen LogP contribution in [0.3, 0.4) is 0 Å². The van der Waals surface area contributed by atoms with Crippen LogP contribution in [0.5, 0.6) is 11.5 Å². The predicted octanol–water partition coefficient (Wildman–Crippen LogP) is 2.84. The number of benzene rings is 2. The Bertz CT molecular complexity index is 1090. The number of ether oxygens (including phenoxy) is 2. The molecule has 1 heterocycles. The van der Waals surface area contributed by atoms with Crippen LogP contribution in [0, 0.1) is 6.92 Å². The van der Waals surface area contributed by atoms with E-state index in [-0.39, 0.29) is 16.5 Å². The number of hydrogen-bond acceptors (Lipinski definition) is 6. The van der Waals surface area contributed by atoms with Gasteiger partial charge in [0.15, 0.2) is 5.75 Å². The van der Waals surface area contributed by atoms with Crippen molar-refractivity contribution in [3.63, 3.8) is 0 Å². The summed E-state index contributed by atoms with van der Waals surface area (Å²) in [6.07, 6.45) is 1.18. The largest absolute Gasteiger partial charge is 0.497 e. The lowest BCUT2D eigenvalue weighted by Crippen LogP contribution is -2.15. The summed E-state index contributed by atoms with van der Waals surface area (Å²) in [7, 11) is -2.38. The second kappa shape index (κ2) is 7.16. The molecule has 27 heavy (non-hydrogen) atoms. The van der Waals surface area contributed by atoms with E-state index in [2.05, 4.69) is 0 Å². The maximum Gasteiger partial charge on any atom is 0.343 e. The monoisotopic (exact) mass is 386 g/mol. The number of aryl methyl sites for hydroxylation is 1. The minimum Gasteiger partial charge on any atom is -0.497 e. The van der Waals surface area contributed by atoms with Crippen molar-refractivity contribution in [2.45, 2.75) is 11.8 Å². The van der Waals surface area contributed by atoms with Crippen LogP contribution in [0.15, 0.2) is 65.7 Å². The Morgan fingerprint density at radius 1 is 1.04 bits per heavy atom. The molecule has 0 aliphatic carbocycles. The minimum atomic E-state index is -3.91. The Morgan fingerprint density at radius 3 is 2.33 bits per heavy atom. The highest BCUT2D eigenvalue weighted by molar-refractivity contribution is 7.90. The molecule has 0 aliphatic heterocycles. The summed E-state index contributed by atoms with van der Waals surface area (Å²) in [6, 6.07) is 14.2. The molecule has 0 spiro atoms. The molecule has 0 atom stereocenters. The number of hydrogen-bond donors (Lipinski definition) is 1. The van der Waals surface area contributed by atoms with Gasteiger partial charge in [0.2, 0.25) is 0 Å². The zero-order valence-electron chi connectivity index (χ0n) is 14.7. The standard InChI is InChI=1S/C19H18N2O5S/c1-13-5-3-4-6-17(13)27(23,24)21-12-16(11-18(21)20)26-19(22)14-7-9-15(25-2)10-8-14/h3-12H,20H2,1-2H3. The molecular formula is C19H18N2O5S.